The summed E-state index contributed by atoms with van der Waals surface area (Å²) in [7, 11) is 1.38. The average Bonchev–Trinajstić information content (AvgIpc) is 3.01. The van der Waals surface area contributed by atoms with Crippen molar-refractivity contribution in [2.24, 2.45) is 0 Å². The van der Waals surface area contributed by atoms with E-state index in [4.69, 9.17) is 4.74 Å². The molecule has 1 heterocycles. The third kappa shape index (κ3) is 3.61. The van der Waals surface area contributed by atoms with Crippen molar-refractivity contribution in [1.29, 1.82) is 0 Å². The van der Waals surface area contributed by atoms with E-state index in [1.165, 1.54) is 7.11 Å². The lowest BCUT2D eigenvalue weighted by atomic mass is 10.2. The number of carbonyl (C=O) groups excluding carboxylic acids is 1. The van der Waals surface area contributed by atoms with Crippen LogP contribution >= 0.6 is 0 Å². The molecule has 0 atom stereocenters. The van der Waals surface area contributed by atoms with Gasteiger partial charge in [0, 0.05) is 23.2 Å². The van der Waals surface area contributed by atoms with Gasteiger partial charge in [0.1, 0.15) is 0 Å². The van der Waals surface area contributed by atoms with Gasteiger partial charge in [0.25, 0.3) is 0 Å². The number of aromatic nitrogens is 1. The normalized spacial score (nSPS) is 9.35. The van der Waals surface area contributed by atoms with Crippen molar-refractivity contribution in [2.45, 2.75) is 13.8 Å². The highest BCUT2D eigenvalue weighted by atomic mass is 16.5. The predicted molar refractivity (Wildman–Crippen MR) is 93.3 cm³/mol. The summed E-state index contributed by atoms with van der Waals surface area (Å²) in [6.07, 6.45) is 1.71. The Labute approximate surface area is 136 Å². The van der Waals surface area contributed by atoms with E-state index in [2.05, 4.69) is 12.0 Å². The summed E-state index contributed by atoms with van der Waals surface area (Å²) in [6.45, 7) is 4.00. The number of benzene rings is 2. The molecule has 0 unspecified atom stereocenters. The van der Waals surface area contributed by atoms with Gasteiger partial charge in [0.05, 0.1) is 18.2 Å². The van der Waals surface area contributed by atoms with Gasteiger partial charge < -0.3 is 4.74 Å². The molecule has 0 saturated carbocycles. The topological polar surface area (TPSA) is 31.2 Å². The fourth-order valence-electron chi connectivity index (χ4n) is 2.19. The Kier molecular flexibility index (Phi) is 5.60. The highest BCUT2D eigenvalue weighted by Gasteiger charge is 2.14. The lowest BCUT2D eigenvalue weighted by Crippen LogP contribution is -1.99. The molecule has 0 spiro atoms. The second-order valence-electron chi connectivity index (χ2n) is 4.52. The van der Waals surface area contributed by atoms with Crippen LogP contribution in [0.1, 0.15) is 29.8 Å². The van der Waals surface area contributed by atoms with E-state index in [0.29, 0.717) is 5.56 Å². The number of fused-ring (bicyclic) bond motifs is 1. The molecule has 0 aliphatic carbocycles. The van der Waals surface area contributed by atoms with Crippen molar-refractivity contribution in [3.05, 3.63) is 71.9 Å². The first-order valence-corrected chi connectivity index (χ1v) is 7.55. The number of nitrogens with zero attached hydrogens (tertiary/aromatic N) is 1. The summed E-state index contributed by atoms with van der Waals surface area (Å²) >= 11 is 0. The molecule has 0 aliphatic heterocycles. The maximum atomic E-state index is 11.8. The Morgan fingerprint density at radius 1 is 1.00 bits per heavy atom. The molecular formula is C20H19NO2. The zero-order valence-electron chi connectivity index (χ0n) is 13.5. The van der Waals surface area contributed by atoms with E-state index in [9.17, 15) is 4.79 Å². The molecule has 1 aromatic heterocycles. The van der Waals surface area contributed by atoms with Crippen molar-refractivity contribution < 1.29 is 9.53 Å². The Morgan fingerprint density at radius 3 is 2.35 bits per heavy atom. The van der Waals surface area contributed by atoms with Crippen LogP contribution in [0.15, 0.2) is 60.8 Å². The Hall–Kier alpha value is -2.99. The number of rotatable bonds is 1. The number of esters is 1. The largest absolute Gasteiger partial charge is 0.465 e. The summed E-state index contributed by atoms with van der Waals surface area (Å²) < 4.78 is 6.58. The Bertz CT molecular complexity index is 851. The van der Waals surface area contributed by atoms with E-state index in [1.807, 2.05) is 68.4 Å². The van der Waals surface area contributed by atoms with E-state index in [0.717, 1.165) is 16.5 Å². The van der Waals surface area contributed by atoms with E-state index in [-0.39, 0.29) is 5.97 Å². The van der Waals surface area contributed by atoms with Crippen LogP contribution in [0.2, 0.25) is 0 Å². The molecular weight excluding hydrogens is 286 g/mol. The zero-order valence-corrected chi connectivity index (χ0v) is 13.5. The summed E-state index contributed by atoms with van der Waals surface area (Å²) in [5.41, 5.74) is 2.34. The summed E-state index contributed by atoms with van der Waals surface area (Å²) in [4.78, 5) is 11.8. The number of hydrogen-bond donors (Lipinski definition) is 0. The number of carbonyl (C=O) groups is 1. The second kappa shape index (κ2) is 7.86. The van der Waals surface area contributed by atoms with E-state index < -0.39 is 0 Å². The van der Waals surface area contributed by atoms with Gasteiger partial charge in [-0.2, -0.15) is 0 Å². The van der Waals surface area contributed by atoms with Crippen LogP contribution in [-0.4, -0.2) is 17.6 Å². The van der Waals surface area contributed by atoms with Gasteiger partial charge in [-0.25, -0.2) is 4.79 Å². The van der Waals surface area contributed by atoms with Gasteiger partial charge in [0.15, 0.2) is 0 Å². The molecule has 3 rings (SSSR count). The molecule has 3 heteroatoms. The molecule has 0 saturated heterocycles. The maximum Gasteiger partial charge on any atom is 0.340 e. The summed E-state index contributed by atoms with van der Waals surface area (Å²) in [6, 6.07) is 20.4. The van der Waals surface area contributed by atoms with Crippen molar-refractivity contribution in [3.63, 3.8) is 0 Å². The number of para-hydroxylation sites is 1. The highest BCUT2D eigenvalue weighted by Crippen LogP contribution is 2.21. The molecule has 0 aliphatic rings. The lowest BCUT2D eigenvalue weighted by Gasteiger charge is -1.95. The van der Waals surface area contributed by atoms with Crippen molar-refractivity contribution in [3.8, 4) is 12.0 Å². The first-order valence-electron chi connectivity index (χ1n) is 7.55. The molecule has 0 amide bonds. The number of ether oxygens (including phenoxy) is 1. The first kappa shape index (κ1) is 16.4. The quantitative estimate of drug-likeness (QED) is 0.495. The molecule has 116 valence electrons. The lowest BCUT2D eigenvalue weighted by molar-refractivity contribution is 0.0603. The predicted octanol–water partition coefficient (Wildman–Crippen LogP) is 4.31. The molecule has 0 fully saturated rings. The SMILES string of the molecule is CC.COC(=O)c1cn(C#Cc2ccccc2)c2ccccc12. The second-order valence-corrected chi connectivity index (χ2v) is 4.52. The molecule has 23 heavy (non-hydrogen) atoms. The Balaban J connectivity index is 0.000000924. The van der Waals surface area contributed by atoms with Crippen LogP contribution < -0.4 is 0 Å². The van der Waals surface area contributed by atoms with Gasteiger partial charge in [-0.05, 0) is 24.1 Å². The summed E-state index contributed by atoms with van der Waals surface area (Å²) in [5.74, 6) is 2.73. The minimum absolute atomic E-state index is 0.355. The van der Waals surface area contributed by atoms with Crippen LogP contribution in [0, 0.1) is 12.0 Å². The fourth-order valence-corrected chi connectivity index (χ4v) is 2.19. The minimum Gasteiger partial charge on any atom is -0.465 e. The molecule has 0 N–H and O–H groups in total. The fraction of sp³-hybridized carbons (Fsp3) is 0.150. The van der Waals surface area contributed by atoms with Crippen LogP contribution in [0.5, 0.6) is 0 Å². The molecule has 3 nitrogen and oxygen atoms in total. The Morgan fingerprint density at radius 2 is 1.65 bits per heavy atom. The van der Waals surface area contributed by atoms with Gasteiger partial charge in [0.2, 0.25) is 0 Å². The standard InChI is InChI=1S/C18H13NO2.C2H6/c1-21-18(20)16-13-19(17-10-6-5-9-15(16)17)12-11-14-7-3-2-4-8-14;1-2/h2-10,13H,1H3;1-2H3. The van der Waals surface area contributed by atoms with Crippen LogP contribution in [-0.2, 0) is 4.74 Å². The summed E-state index contributed by atoms with van der Waals surface area (Å²) in [5, 5.41) is 0.840. The molecule has 0 radical (unpaired) electrons. The van der Waals surface area contributed by atoms with Gasteiger partial charge in [-0.1, -0.05) is 50.2 Å². The molecule has 2 aromatic carbocycles. The minimum atomic E-state index is -0.355. The van der Waals surface area contributed by atoms with Crippen molar-refractivity contribution in [1.82, 2.24) is 4.57 Å². The van der Waals surface area contributed by atoms with Gasteiger partial charge in [-0.15, -0.1) is 0 Å². The molecule has 3 aromatic rings. The van der Waals surface area contributed by atoms with Crippen molar-refractivity contribution in [2.75, 3.05) is 7.11 Å². The maximum absolute atomic E-state index is 11.8. The third-order valence-corrected chi connectivity index (χ3v) is 3.21. The highest BCUT2D eigenvalue weighted by molar-refractivity contribution is 6.04. The van der Waals surface area contributed by atoms with Gasteiger partial charge in [-0.3, -0.25) is 4.57 Å². The molecule has 0 bridgehead atoms. The number of methoxy groups -OCH3 is 1. The smallest absolute Gasteiger partial charge is 0.340 e. The average molecular weight is 305 g/mol. The monoisotopic (exact) mass is 305 g/mol. The van der Waals surface area contributed by atoms with Crippen LogP contribution in [0.4, 0.5) is 0 Å². The zero-order chi connectivity index (χ0) is 16.7. The first-order chi connectivity index (χ1) is 11.3. The van der Waals surface area contributed by atoms with Crippen LogP contribution in [0.3, 0.4) is 0 Å². The van der Waals surface area contributed by atoms with Crippen LogP contribution in [0.25, 0.3) is 10.9 Å². The third-order valence-electron chi connectivity index (χ3n) is 3.21. The number of hydrogen-bond acceptors (Lipinski definition) is 2. The van der Waals surface area contributed by atoms with E-state index >= 15 is 0 Å². The van der Waals surface area contributed by atoms with Gasteiger partial charge >= 0.3 is 5.97 Å². The van der Waals surface area contributed by atoms with E-state index in [1.54, 1.807) is 10.8 Å². The van der Waals surface area contributed by atoms with Crippen molar-refractivity contribution >= 4 is 16.9 Å².